The summed E-state index contributed by atoms with van der Waals surface area (Å²) in [7, 11) is 0. The van der Waals surface area contributed by atoms with Crippen molar-refractivity contribution in [3.63, 3.8) is 0 Å². The van der Waals surface area contributed by atoms with Gasteiger partial charge in [-0.25, -0.2) is 4.39 Å². The predicted molar refractivity (Wildman–Crippen MR) is 78.6 cm³/mol. The third kappa shape index (κ3) is 3.28. The fraction of sp³-hybridized carbons (Fsp3) is 0.200. The van der Waals surface area contributed by atoms with Gasteiger partial charge in [-0.15, -0.1) is 11.3 Å². The Labute approximate surface area is 125 Å². The van der Waals surface area contributed by atoms with Crippen LogP contribution >= 0.6 is 11.3 Å². The average molecular weight is 304 g/mol. The molecule has 108 valence electrons. The van der Waals surface area contributed by atoms with Gasteiger partial charge >= 0.3 is 0 Å². The fourth-order valence-electron chi connectivity index (χ4n) is 2.03. The van der Waals surface area contributed by atoms with Crippen LogP contribution < -0.4 is 5.32 Å². The summed E-state index contributed by atoms with van der Waals surface area (Å²) >= 11 is 1.59. The number of hydrogen-bond donors (Lipinski definition) is 1. The van der Waals surface area contributed by atoms with Crippen LogP contribution in [0.3, 0.4) is 0 Å². The molecule has 21 heavy (non-hydrogen) atoms. The van der Waals surface area contributed by atoms with Crippen molar-refractivity contribution >= 4 is 23.0 Å². The molecule has 0 saturated heterocycles. The summed E-state index contributed by atoms with van der Waals surface area (Å²) in [6.07, 6.45) is -0.230. The van der Waals surface area contributed by atoms with Crippen LogP contribution in [0.15, 0.2) is 46.9 Å². The van der Waals surface area contributed by atoms with Crippen LogP contribution in [0, 0.1) is 5.82 Å². The fourth-order valence-corrected chi connectivity index (χ4v) is 2.68. The Morgan fingerprint density at radius 3 is 2.90 bits per heavy atom. The van der Waals surface area contributed by atoms with Crippen molar-refractivity contribution in [1.82, 2.24) is 5.32 Å². The molecule has 2 heterocycles. The van der Waals surface area contributed by atoms with Crippen LogP contribution in [0.4, 0.5) is 4.39 Å². The van der Waals surface area contributed by atoms with Gasteiger partial charge in [-0.2, -0.15) is 0 Å². The van der Waals surface area contributed by atoms with Crippen LogP contribution in [0.5, 0.6) is 0 Å². The van der Waals surface area contributed by atoms with Gasteiger partial charge in [-0.05, 0) is 29.1 Å². The molecule has 0 unspecified atom stereocenters. The zero-order chi connectivity index (χ0) is 14.7. The summed E-state index contributed by atoms with van der Waals surface area (Å²) in [5, 5.41) is 8.70. The summed E-state index contributed by atoms with van der Waals surface area (Å²) < 4.78 is 12.9. The van der Waals surface area contributed by atoms with E-state index in [4.69, 9.17) is 4.84 Å². The summed E-state index contributed by atoms with van der Waals surface area (Å²) in [5.74, 6) is -0.493. The maximum absolute atomic E-state index is 12.9. The molecule has 6 heteroatoms. The zero-order valence-corrected chi connectivity index (χ0v) is 11.9. The van der Waals surface area contributed by atoms with Gasteiger partial charge in [-0.1, -0.05) is 23.4 Å². The first-order valence-electron chi connectivity index (χ1n) is 6.51. The van der Waals surface area contributed by atoms with Crippen molar-refractivity contribution in [1.29, 1.82) is 0 Å². The Morgan fingerprint density at radius 1 is 1.38 bits per heavy atom. The van der Waals surface area contributed by atoms with Crippen molar-refractivity contribution in [3.8, 4) is 0 Å². The molecule has 4 nitrogen and oxygen atoms in total. The maximum Gasteiger partial charge on any atom is 0.264 e. The minimum absolute atomic E-state index is 0.190. The summed E-state index contributed by atoms with van der Waals surface area (Å²) in [5.41, 5.74) is 1.43. The lowest BCUT2D eigenvalue weighted by Crippen LogP contribution is -2.34. The van der Waals surface area contributed by atoms with Crippen molar-refractivity contribution in [3.05, 3.63) is 58.0 Å². The van der Waals surface area contributed by atoms with Gasteiger partial charge in [-0.3, -0.25) is 4.79 Å². The third-order valence-corrected chi connectivity index (χ3v) is 4.03. The van der Waals surface area contributed by atoms with E-state index in [1.54, 1.807) is 23.5 Å². The Balaban J connectivity index is 1.55. The molecule has 0 saturated carbocycles. The third-order valence-electron chi connectivity index (χ3n) is 3.16. The molecule has 1 amide bonds. The van der Waals surface area contributed by atoms with Crippen molar-refractivity contribution < 1.29 is 14.0 Å². The molecule has 0 radical (unpaired) electrons. The number of rotatable bonds is 4. The maximum atomic E-state index is 12.9. The highest BCUT2D eigenvalue weighted by molar-refractivity contribution is 7.09. The van der Waals surface area contributed by atoms with E-state index in [-0.39, 0.29) is 11.7 Å². The lowest BCUT2D eigenvalue weighted by molar-refractivity contribution is -0.131. The standard InChI is InChI=1S/C15H13FN2O2S/c16-11-5-3-10(4-6-11)13-8-14(20-18-13)15(19)17-9-12-2-1-7-21-12/h1-7,14H,8-9H2,(H,17,19)/t14-/m1/s1. The first kappa shape index (κ1) is 13.8. The molecule has 1 N–H and O–H groups in total. The minimum atomic E-state index is -0.620. The van der Waals surface area contributed by atoms with E-state index in [2.05, 4.69) is 10.5 Å². The van der Waals surface area contributed by atoms with E-state index in [0.717, 1.165) is 10.4 Å². The number of halogens is 1. The lowest BCUT2D eigenvalue weighted by Gasteiger charge is -2.08. The van der Waals surface area contributed by atoms with Gasteiger partial charge in [0.15, 0.2) is 0 Å². The van der Waals surface area contributed by atoms with Gasteiger partial charge in [0, 0.05) is 11.3 Å². The summed E-state index contributed by atoms with van der Waals surface area (Å²) in [4.78, 5) is 18.3. The molecular weight excluding hydrogens is 291 g/mol. The van der Waals surface area contributed by atoms with Gasteiger partial charge in [0.25, 0.3) is 5.91 Å². The number of benzene rings is 1. The van der Waals surface area contributed by atoms with Crippen LogP contribution in [0.25, 0.3) is 0 Å². The van der Waals surface area contributed by atoms with Gasteiger partial charge < -0.3 is 10.2 Å². The number of oxime groups is 1. The van der Waals surface area contributed by atoms with E-state index in [9.17, 15) is 9.18 Å². The van der Waals surface area contributed by atoms with Crippen molar-refractivity contribution in [2.24, 2.45) is 5.16 Å². The Morgan fingerprint density at radius 2 is 2.19 bits per heavy atom. The van der Waals surface area contributed by atoms with Crippen LogP contribution in [-0.2, 0) is 16.2 Å². The smallest absolute Gasteiger partial charge is 0.264 e. The SMILES string of the molecule is O=C(NCc1cccs1)[C@H]1CC(c2ccc(F)cc2)=NO1. The van der Waals surface area contributed by atoms with Gasteiger partial charge in [0.1, 0.15) is 5.82 Å². The second-order valence-electron chi connectivity index (χ2n) is 4.64. The molecule has 1 aliphatic rings. The van der Waals surface area contributed by atoms with Crippen LogP contribution in [0.2, 0.25) is 0 Å². The highest BCUT2D eigenvalue weighted by Crippen LogP contribution is 2.17. The highest BCUT2D eigenvalue weighted by Gasteiger charge is 2.28. The van der Waals surface area contributed by atoms with E-state index < -0.39 is 6.10 Å². The number of carbonyl (C=O) groups is 1. The van der Waals surface area contributed by atoms with Crippen molar-refractivity contribution in [2.45, 2.75) is 19.1 Å². The van der Waals surface area contributed by atoms with Gasteiger partial charge in [0.2, 0.25) is 6.10 Å². The number of thiophene rings is 1. The molecular formula is C15H13FN2O2S. The second kappa shape index (κ2) is 6.05. The monoisotopic (exact) mass is 304 g/mol. The topological polar surface area (TPSA) is 50.7 Å². The minimum Gasteiger partial charge on any atom is -0.382 e. The molecule has 0 fully saturated rings. The Hall–Kier alpha value is -2.21. The molecule has 3 rings (SSSR count). The number of carbonyl (C=O) groups excluding carboxylic acids is 1. The predicted octanol–water partition coefficient (Wildman–Crippen LogP) is 2.70. The molecule has 0 spiro atoms. The first-order chi connectivity index (χ1) is 10.2. The van der Waals surface area contributed by atoms with Crippen LogP contribution in [0.1, 0.15) is 16.9 Å². The normalized spacial score (nSPS) is 17.2. The molecule has 1 aromatic carbocycles. The average Bonchev–Trinajstić information content (AvgIpc) is 3.17. The lowest BCUT2D eigenvalue weighted by atomic mass is 10.0. The molecule has 1 aliphatic heterocycles. The number of amides is 1. The largest absolute Gasteiger partial charge is 0.382 e. The molecule has 0 aliphatic carbocycles. The number of nitrogens with one attached hydrogen (secondary N) is 1. The molecule has 1 aromatic heterocycles. The Bertz CT molecular complexity index is 653. The zero-order valence-electron chi connectivity index (χ0n) is 11.1. The van der Waals surface area contributed by atoms with E-state index in [0.29, 0.717) is 18.7 Å². The summed E-state index contributed by atoms with van der Waals surface area (Å²) in [6, 6.07) is 9.88. The number of hydrogen-bond acceptors (Lipinski definition) is 4. The molecule has 0 bridgehead atoms. The van der Waals surface area contributed by atoms with Gasteiger partial charge in [0.05, 0.1) is 12.3 Å². The van der Waals surface area contributed by atoms with E-state index >= 15 is 0 Å². The van der Waals surface area contributed by atoms with E-state index in [1.165, 1.54) is 12.1 Å². The van der Waals surface area contributed by atoms with Crippen molar-refractivity contribution in [2.75, 3.05) is 0 Å². The Kier molecular flexibility index (Phi) is 3.96. The molecule has 2 aromatic rings. The quantitative estimate of drug-likeness (QED) is 0.944. The first-order valence-corrected chi connectivity index (χ1v) is 7.39. The second-order valence-corrected chi connectivity index (χ2v) is 5.67. The highest BCUT2D eigenvalue weighted by atomic mass is 32.1. The van der Waals surface area contributed by atoms with E-state index in [1.807, 2.05) is 17.5 Å². The van der Waals surface area contributed by atoms with Crippen LogP contribution in [-0.4, -0.2) is 17.7 Å². The number of nitrogens with zero attached hydrogens (tertiary/aromatic N) is 1. The molecule has 1 atom stereocenters. The summed E-state index contributed by atoms with van der Waals surface area (Å²) in [6.45, 7) is 0.488.